The Morgan fingerprint density at radius 3 is 1.77 bits per heavy atom. The second kappa shape index (κ2) is 13.4. The third kappa shape index (κ3) is 6.94. The number of unbranched alkanes of at least 4 members (excludes halogenated alkanes) is 3. The SMILES string of the molecule is CCCCCC(c1ccc(C#N)c(C)c1)N1CCN(C(CCCC)c2ccc(C)c(C#N)c2)CC1. The zero-order chi connectivity index (χ0) is 25.2. The second-order valence-electron chi connectivity index (χ2n) is 10.1. The van der Waals surface area contributed by atoms with E-state index in [4.69, 9.17) is 0 Å². The standard InChI is InChI=1S/C31H42N4/c1-5-7-9-11-31(26-14-15-28(22-32)25(4)20-26)35-18-16-34(17-19-35)30(10-8-6-2)27-13-12-24(3)29(21-27)23-33/h12-15,20-21,30-31H,5-11,16-19H2,1-4H3. The molecule has 0 N–H and O–H groups in total. The molecule has 0 saturated carbocycles. The molecule has 2 aromatic carbocycles. The maximum atomic E-state index is 9.57. The molecule has 35 heavy (non-hydrogen) atoms. The molecule has 1 aliphatic heterocycles. The average molecular weight is 471 g/mol. The number of hydrogen-bond acceptors (Lipinski definition) is 4. The Morgan fingerprint density at radius 1 is 0.686 bits per heavy atom. The van der Waals surface area contributed by atoms with Crippen LogP contribution >= 0.6 is 0 Å². The Balaban J connectivity index is 1.77. The van der Waals surface area contributed by atoms with E-state index in [0.717, 1.165) is 54.9 Å². The van der Waals surface area contributed by atoms with Crippen LogP contribution in [0.15, 0.2) is 36.4 Å². The first-order valence-corrected chi connectivity index (χ1v) is 13.5. The Labute approximate surface area is 213 Å². The van der Waals surface area contributed by atoms with E-state index in [1.165, 1.54) is 49.7 Å². The number of benzene rings is 2. The van der Waals surface area contributed by atoms with Crippen LogP contribution in [0.1, 0.15) is 104 Å². The summed E-state index contributed by atoms with van der Waals surface area (Å²) in [5.74, 6) is 0. The van der Waals surface area contributed by atoms with Gasteiger partial charge in [-0.25, -0.2) is 0 Å². The summed E-state index contributed by atoms with van der Waals surface area (Å²) < 4.78 is 0. The van der Waals surface area contributed by atoms with Gasteiger partial charge < -0.3 is 0 Å². The lowest BCUT2D eigenvalue weighted by molar-refractivity contribution is 0.0609. The molecule has 1 heterocycles. The highest BCUT2D eigenvalue weighted by atomic mass is 15.3. The van der Waals surface area contributed by atoms with E-state index in [2.05, 4.69) is 73.0 Å². The zero-order valence-electron chi connectivity index (χ0n) is 22.2. The molecule has 0 amide bonds. The summed E-state index contributed by atoms with van der Waals surface area (Å²) >= 11 is 0. The van der Waals surface area contributed by atoms with Gasteiger partial charge in [-0.1, -0.05) is 70.2 Å². The highest BCUT2D eigenvalue weighted by Crippen LogP contribution is 2.33. The summed E-state index contributed by atoms with van der Waals surface area (Å²) in [6.07, 6.45) is 8.42. The van der Waals surface area contributed by atoms with Crippen LogP contribution in [-0.4, -0.2) is 36.0 Å². The summed E-state index contributed by atoms with van der Waals surface area (Å²) in [6, 6.07) is 18.4. The number of hydrogen-bond donors (Lipinski definition) is 0. The van der Waals surface area contributed by atoms with E-state index in [1.54, 1.807) is 0 Å². The summed E-state index contributed by atoms with van der Waals surface area (Å²) in [5, 5.41) is 18.9. The maximum Gasteiger partial charge on any atom is 0.0994 e. The molecular weight excluding hydrogens is 428 g/mol. The first kappa shape index (κ1) is 26.9. The predicted octanol–water partition coefficient (Wildman–Crippen LogP) is 7.22. The largest absolute Gasteiger partial charge is 0.294 e. The first-order chi connectivity index (χ1) is 17.0. The van der Waals surface area contributed by atoms with Gasteiger partial charge in [-0.2, -0.15) is 10.5 Å². The predicted molar refractivity (Wildman–Crippen MR) is 144 cm³/mol. The highest BCUT2D eigenvalue weighted by Gasteiger charge is 2.29. The minimum absolute atomic E-state index is 0.375. The molecule has 3 rings (SSSR count). The topological polar surface area (TPSA) is 54.1 Å². The van der Waals surface area contributed by atoms with Gasteiger partial charge in [0.1, 0.15) is 0 Å². The number of aryl methyl sites for hydroxylation is 2. The summed E-state index contributed by atoms with van der Waals surface area (Å²) in [6.45, 7) is 12.8. The van der Waals surface area contributed by atoms with E-state index in [1.807, 2.05) is 13.0 Å². The Hall–Kier alpha value is -2.66. The van der Waals surface area contributed by atoms with Crippen LogP contribution < -0.4 is 0 Å². The van der Waals surface area contributed by atoms with E-state index in [-0.39, 0.29) is 0 Å². The Bertz CT molecular complexity index is 1040. The molecule has 0 radical (unpaired) electrons. The lowest BCUT2D eigenvalue weighted by Crippen LogP contribution is -2.48. The quantitative estimate of drug-likeness (QED) is 0.325. The van der Waals surface area contributed by atoms with Gasteiger partial charge in [-0.3, -0.25) is 9.80 Å². The summed E-state index contributed by atoms with van der Waals surface area (Å²) in [5.41, 5.74) is 6.36. The van der Waals surface area contributed by atoms with Crippen molar-refractivity contribution in [1.29, 1.82) is 10.5 Å². The van der Waals surface area contributed by atoms with Gasteiger partial charge in [0.05, 0.1) is 23.3 Å². The maximum absolute atomic E-state index is 9.57. The molecule has 2 atom stereocenters. The molecule has 0 spiro atoms. The summed E-state index contributed by atoms with van der Waals surface area (Å²) in [4.78, 5) is 5.31. The number of nitriles is 2. The van der Waals surface area contributed by atoms with Gasteiger partial charge in [0.15, 0.2) is 0 Å². The van der Waals surface area contributed by atoms with Crippen molar-refractivity contribution in [1.82, 2.24) is 9.80 Å². The van der Waals surface area contributed by atoms with Crippen LogP contribution in [0.5, 0.6) is 0 Å². The van der Waals surface area contributed by atoms with Gasteiger partial charge in [0.2, 0.25) is 0 Å². The molecule has 0 aromatic heterocycles. The highest BCUT2D eigenvalue weighted by molar-refractivity contribution is 5.41. The minimum Gasteiger partial charge on any atom is -0.294 e. The molecule has 186 valence electrons. The molecule has 1 saturated heterocycles. The molecule has 4 nitrogen and oxygen atoms in total. The zero-order valence-corrected chi connectivity index (χ0v) is 22.2. The van der Waals surface area contributed by atoms with Gasteiger partial charge in [-0.15, -0.1) is 0 Å². The van der Waals surface area contributed by atoms with Crippen LogP contribution in [0.25, 0.3) is 0 Å². The van der Waals surface area contributed by atoms with Gasteiger partial charge in [0.25, 0.3) is 0 Å². The summed E-state index contributed by atoms with van der Waals surface area (Å²) in [7, 11) is 0. The Morgan fingerprint density at radius 2 is 1.23 bits per heavy atom. The van der Waals surface area contributed by atoms with Gasteiger partial charge in [0, 0.05) is 38.3 Å². The molecular formula is C31H42N4. The fraction of sp³-hybridized carbons (Fsp3) is 0.548. The molecule has 0 aliphatic carbocycles. The first-order valence-electron chi connectivity index (χ1n) is 13.5. The molecule has 4 heteroatoms. The lowest BCUT2D eigenvalue weighted by atomic mass is 9.93. The smallest absolute Gasteiger partial charge is 0.0994 e. The van der Waals surface area contributed by atoms with Crippen LogP contribution in [0.2, 0.25) is 0 Å². The fourth-order valence-electron chi connectivity index (χ4n) is 5.45. The molecule has 2 unspecified atom stereocenters. The van der Waals surface area contributed by atoms with Crippen LogP contribution in [0.4, 0.5) is 0 Å². The van der Waals surface area contributed by atoms with E-state index in [0.29, 0.717) is 12.1 Å². The van der Waals surface area contributed by atoms with E-state index >= 15 is 0 Å². The monoisotopic (exact) mass is 470 g/mol. The van der Waals surface area contributed by atoms with Crippen molar-refractivity contribution < 1.29 is 0 Å². The van der Waals surface area contributed by atoms with Crippen molar-refractivity contribution in [3.63, 3.8) is 0 Å². The fourth-order valence-corrected chi connectivity index (χ4v) is 5.45. The third-order valence-corrected chi connectivity index (χ3v) is 7.67. The third-order valence-electron chi connectivity index (χ3n) is 7.67. The second-order valence-corrected chi connectivity index (χ2v) is 10.1. The van der Waals surface area contributed by atoms with Crippen molar-refractivity contribution in [3.05, 3.63) is 69.8 Å². The van der Waals surface area contributed by atoms with Crippen LogP contribution in [0.3, 0.4) is 0 Å². The number of nitrogens with zero attached hydrogens (tertiary/aromatic N) is 4. The van der Waals surface area contributed by atoms with Crippen molar-refractivity contribution in [2.75, 3.05) is 26.2 Å². The number of rotatable bonds is 11. The Kier molecular flexibility index (Phi) is 10.3. The molecule has 1 aliphatic rings. The molecule has 0 bridgehead atoms. The van der Waals surface area contributed by atoms with Crippen LogP contribution in [-0.2, 0) is 0 Å². The molecule has 1 fully saturated rings. The van der Waals surface area contributed by atoms with E-state index < -0.39 is 0 Å². The van der Waals surface area contributed by atoms with Gasteiger partial charge in [-0.05, 0) is 61.1 Å². The van der Waals surface area contributed by atoms with Crippen molar-refractivity contribution in [2.45, 2.75) is 84.7 Å². The van der Waals surface area contributed by atoms with Gasteiger partial charge >= 0.3 is 0 Å². The lowest BCUT2D eigenvalue weighted by Gasteiger charge is -2.43. The van der Waals surface area contributed by atoms with Crippen LogP contribution in [0, 0.1) is 36.5 Å². The van der Waals surface area contributed by atoms with Crippen molar-refractivity contribution in [3.8, 4) is 12.1 Å². The van der Waals surface area contributed by atoms with E-state index in [9.17, 15) is 10.5 Å². The number of piperazine rings is 1. The average Bonchev–Trinajstić information content (AvgIpc) is 2.88. The van der Waals surface area contributed by atoms with Crippen molar-refractivity contribution >= 4 is 0 Å². The minimum atomic E-state index is 0.375. The van der Waals surface area contributed by atoms with Crippen molar-refractivity contribution in [2.24, 2.45) is 0 Å². The normalized spacial score (nSPS) is 16.4. The molecule has 2 aromatic rings.